The van der Waals surface area contributed by atoms with Crippen LogP contribution in [0.3, 0.4) is 0 Å². The summed E-state index contributed by atoms with van der Waals surface area (Å²) in [5.74, 6) is 0.106. The van der Waals surface area contributed by atoms with Gasteiger partial charge in [0.15, 0.2) is 11.5 Å². The van der Waals surface area contributed by atoms with Gasteiger partial charge in [-0.15, -0.1) is 0 Å². The summed E-state index contributed by atoms with van der Waals surface area (Å²) in [6, 6.07) is 4.67. The van der Waals surface area contributed by atoms with E-state index >= 15 is 0 Å². The summed E-state index contributed by atoms with van der Waals surface area (Å²) >= 11 is 0. The van der Waals surface area contributed by atoms with Crippen molar-refractivity contribution in [2.24, 2.45) is 5.41 Å². The number of carbonyl (C=O) groups is 1. The fourth-order valence-electron chi connectivity index (χ4n) is 1.50. The van der Waals surface area contributed by atoms with Gasteiger partial charge in [-0.05, 0) is 37.0 Å². The van der Waals surface area contributed by atoms with Gasteiger partial charge in [0.1, 0.15) is 0 Å². The van der Waals surface area contributed by atoms with Crippen LogP contribution in [0.25, 0.3) is 0 Å². The third kappa shape index (κ3) is 5.20. The summed E-state index contributed by atoms with van der Waals surface area (Å²) in [6.45, 7) is 9.34. The number of ether oxygens (including phenoxy) is 2. The van der Waals surface area contributed by atoms with Crippen LogP contribution < -0.4 is 9.47 Å². The van der Waals surface area contributed by atoms with Crippen molar-refractivity contribution in [3.63, 3.8) is 0 Å². The Bertz CT molecular complexity index is 432. The summed E-state index contributed by atoms with van der Waals surface area (Å²) in [5.41, 5.74) is 0.402. The van der Waals surface area contributed by atoms with Crippen molar-refractivity contribution >= 4 is 5.97 Å². The second kappa shape index (κ2) is 6.45. The summed E-state index contributed by atoms with van der Waals surface area (Å²) in [5, 5.41) is 8.95. The van der Waals surface area contributed by atoms with Crippen molar-refractivity contribution in [1.82, 2.24) is 0 Å². The summed E-state index contributed by atoms with van der Waals surface area (Å²) in [6.07, 6.45) is 0.916. The second-order valence-electron chi connectivity index (χ2n) is 5.56. The maximum Gasteiger partial charge on any atom is 0.335 e. The molecule has 0 amide bonds. The maximum atomic E-state index is 10.9. The first-order valence-electron chi connectivity index (χ1n) is 6.46. The molecule has 4 nitrogen and oxygen atoms in total. The van der Waals surface area contributed by atoms with Gasteiger partial charge in [-0.25, -0.2) is 4.79 Å². The van der Waals surface area contributed by atoms with Gasteiger partial charge in [-0.1, -0.05) is 20.8 Å². The van der Waals surface area contributed by atoms with E-state index in [0.29, 0.717) is 24.7 Å². The van der Waals surface area contributed by atoms with Crippen LogP contribution in [0, 0.1) is 5.41 Å². The highest BCUT2D eigenvalue weighted by Gasteiger charge is 2.13. The van der Waals surface area contributed by atoms with Crippen molar-refractivity contribution in [3.05, 3.63) is 23.8 Å². The molecule has 0 unspecified atom stereocenters. The molecule has 0 radical (unpaired) electrons. The topological polar surface area (TPSA) is 55.8 Å². The first-order chi connectivity index (χ1) is 8.83. The smallest absolute Gasteiger partial charge is 0.335 e. The summed E-state index contributed by atoms with van der Waals surface area (Å²) in [7, 11) is 0. The zero-order chi connectivity index (χ0) is 14.5. The average Bonchev–Trinajstić information content (AvgIpc) is 2.29. The SMILES string of the molecule is CCOc1cc(C(=O)O)ccc1OCCC(C)(C)C. The van der Waals surface area contributed by atoms with Crippen LogP contribution in [-0.2, 0) is 0 Å². The minimum absolute atomic E-state index is 0.201. The first kappa shape index (κ1) is 15.3. The molecule has 0 aliphatic heterocycles. The monoisotopic (exact) mass is 266 g/mol. The molecular weight excluding hydrogens is 244 g/mol. The van der Waals surface area contributed by atoms with Crippen LogP contribution in [0.15, 0.2) is 18.2 Å². The van der Waals surface area contributed by atoms with Crippen LogP contribution in [-0.4, -0.2) is 24.3 Å². The van der Waals surface area contributed by atoms with Crippen LogP contribution in [0.2, 0.25) is 0 Å². The van der Waals surface area contributed by atoms with Gasteiger partial charge in [0.25, 0.3) is 0 Å². The fraction of sp³-hybridized carbons (Fsp3) is 0.533. The van der Waals surface area contributed by atoms with Crippen molar-refractivity contribution in [1.29, 1.82) is 0 Å². The largest absolute Gasteiger partial charge is 0.490 e. The normalized spacial score (nSPS) is 11.2. The molecule has 0 saturated heterocycles. The molecule has 0 aromatic heterocycles. The second-order valence-corrected chi connectivity index (χ2v) is 5.56. The Morgan fingerprint density at radius 1 is 1.21 bits per heavy atom. The Labute approximate surface area is 114 Å². The molecule has 0 aliphatic rings. The summed E-state index contributed by atoms with van der Waals surface area (Å²) < 4.78 is 11.1. The molecule has 0 aliphatic carbocycles. The highest BCUT2D eigenvalue weighted by Crippen LogP contribution is 2.29. The Hall–Kier alpha value is -1.71. The highest BCUT2D eigenvalue weighted by atomic mass is 16.5. The number of hydrogen-bond donors (Lipinski definition) is 1. The van der Waals surface area contributed by atoms with Crippen LogP contribution in [0.1, 0.15) is 44.5 Å². The predicted molar refractivity (Wildman–Crippen MR) is 74.1 cm³/mol. The van der Waals surface area contributed by atoms with Crippen molar-refractivity contribution in [2.75, 3.05) is 13.2 Å². The van der Waals surface area contributed by atoms with E-state index in [4.69, 9.17) is 14.6 Å². The van der Waals surface area contributed by atoms with Gasteiger partial charge in [0, 0.05) is 0 Å². The van der Waals surface area contributed by atoms with E-state index in [9.17, 15) is 4.79 Å². The zero-order valence-electron chi connectivity index (χ0n) is 12.0. The highest BCUT2D eigenvalue weighted by molar-refractivity contribution is 5.88. The number of hydrogen-bond acceptors (Lipinski definition) is 3. The van der Waals surface area contributed by atoms with Crippen molar-refractivity contribution in [3.8, 4) is 11.5 Å². The summed E-state index contributed by atoms with van der Waals surface area (Å²) in [4.78, 5) is 10.9. The third-order valence-electron chi connectivity index (χ3n) is 2.60. The van der Waals surface area contributed by atoms with Gasteiger partial charge in [0.2, 0.25) is 0 Å². The number of carboxylic acids is 1. The van der Waals surface area contributed by atoms with E-state index in [1.54, 1.807) is 6.07 Å². The van der Waals surface area contributed by atoms with E-state index in [1.807, 2.05) is 6.92 Å². The predicted octanol–water partition coefficient (Wildman–Crippen LogP) is 3.60. The minimum Gasteiger partial charge on any atom is -0.490 e. The number of carboxylic acid groups (broad SMARTS) is 1. The molecule has 0 fully saturated rings. The molecule has 1 rings (SSSR count). The number of rotatable bonds is 6. The molecule has 0 saturated carbocycles. The van der Waals surface area contributed by atoms with E-state index < -0.39 is 5.97 Å². The standard InChI is InChI=1S/C15H22O4/c1-5-18-13-10-11(14(16)17)6-7-12(13)19-9-8-15(2,3)4/h6-7,10H,5,8-9H2,1-4H3,(H,16,17). The van der Waals surface area contributed by atoms with Gasteiger partial charge in [-0.2, -0.15) is 0 Å². The van der Waals surface area contributed by atoms with Gasteiger partial charge >= 0.3 is 5.97 Å². The molecule has 0 spiro atoms. The Balaban J connectivity index is 2.79. The van der Waals surface area contributed by atoms with Gasteiger partial charge in [0.05, 0.1) is 18.8 Å². The lowest BCUT2D eigenvalue weighted by atomic mass is 9.93. The lowest BCUT2D eigenvalue weighted by Gasteiger charge is -2.19. The van der Waals surface area contributed by atoms with Gasteiger partial charge < -0.3 is 14.6 Å². The van der Waals surface area contributed by atoms with Crippen LogP contribution in [0.5, 0.6) is 11.5 Å². The maximum absolute atomic E-state index is 10.9. The molecule has 1 aromatic carbocycles. The average molecular weight is 266 g/mol. The Kier molecular flexibility index (Phi) is 5.21. The molecule has 1 N–H and O–H groups in total. The van der Waals surface area contributed by atoms with Crippen molar-refractivity contribution in [2.45, 2.75) is 34.1 Å². The van der Waals surface area contributed by atoms with E-state index in [1.165, 1.54) is 12.1 Å². The fourth-order valence-corrected chi connectivity index (χ4v) is 1.50. The molecule has 106 valence electrons. The lowest BCUT2D eigenvalue weighted by Crippen LogP contribution is -2.11. The third-order valence-corrected chi connectivity index (χ3v) is 2.60. The quantitative estimate of drug-likeness (QED) is 0.854. The molecule has 0 heterocycles. The van der Waals surface area contributed by atoms with Crippen LogP contribution in [0.4, 0.5) is 0 Å². The van der Waals surface area contributed by atoms with Crippen LogP contribution >= 0.6 is 0 Å². The molecular formula is C15H22O4. The lowest BCUT2D eigenvalue weighted by molar-refractivity contribution is 0.0696. The molecule has 19 heavy (non-hydrogen) atoms. The molecule has 0 atom stereocenters. The molecule has 0 bridgehead atoms. The van der Waals surface area contributed by atoms with Crippen molar-refractivity contribution < 1.29 is 19.4 Å². The zero-order valence-corrected chi connectivity index (χ0v) is 12.0. The van der Waals surface area contributed by atoms with E-state index in [-0.39, 0.29) is 11.0 Å². The first-order valence-corrected chi connectivity index (χ1v) is 6.46. The Morgan fingerprint density at radius 3 is 2.42 bits per heavy atom. The minimum atomic E-state index is -0.970. The van der Waals surface area contributed by atoms with Gasteiger partial charge in [-0.3, -0.25) is 0 Å². The molecule has 4 heteroatoms. The van der Waals surface area contributed by atoms with E-state index in [0.717, 1.165) is 6.42 Å². The Morgan fingerprint density at radius 2 is 1.89 bits per heavy atom. The molecule has 1 aromatic rings. The number of benzene rings is 1. The number of aromatic carboxylic acids is 1. The van der Waals surface area contributed by atoms with E-state index in [2.05, 4.69) is 20.8 Å².